The summed E-state index contributed by atoms with van der Waals surface area (Å²) in [6, 6.07) is 17.9. The SMILES string of the molecule is CCOc1ccc(-c2noc(CCC(=O)N3CCN(C)C[C@H]3c3ccccc3)n2)cc1. The highest BCUT2D eigenvalue weighted by Crippen LogP contribution is 2.26. The molecule has 162 valence electrons. The summed E-state index contributed by atoms with van der Waals surface area (Å²) >= 11 is 0. The van der Waals surface area contributed by atoms with E-state index in [9.17, 15) is 4.79 Å². The molecule has 0 saturated carbocycles. The molecular formula is C24H28N4O3. The van der Waals surface area contributed by atoms with Crippen molar-refractivity contribution in [1.29, 1.82) is 0 Å². The number of amides is 1. The van der Waals surface area contributed by atoms with Crippen molar-refractivity contribution in [2.75, 3.05) is 33.3 Å². The quantitative estimate of drug-likeness (QED) is 0.582. The van der Waals surface area contributed by atoms with Crippen LogP contribution < -0.4 is 4.74 Å². The van der Waals surface area contributed by atoms with E-state index in [-0.39, 0.29) is 11.9 Å². The maximum absolute atomic E-state index is 13.0. The first-order valence-electron chi connectivity index (χ1n) is 10.7. The monoisotopic (exact) mass is 420 g/mol. The molecule has 31 heavy (non-hydrogen) atoms. The molecule has 0 bridgehead atoms. The minimum atomic E-state index is 0.0644. The van der Waals surface area contributed by atoms with Crippen LogP contribution in [0.3, 0.4) is 0 Å². The number of likely N-dealkylation sites (N-methyl/N-ethyl adjacent to an activating group) is 1. The molecule has 7 nitrogen and oxygen atoms in total. The molecule has 0 N–H and O–H groups in total. The number of aromatic nitrogens is 2. The van der Waals surface area contributed by atoms with Gasteiger partial charge < -0.3 is 19.1 Å². The number of ether oxygens (including phenoxy) is 1. The van der Waals surface area contributed by atoms with Crippen molar-refractivity contribution in [2.24, 2.45) is 0 Å². The molecule has 2 aromatic carbocycles. The van der Waals surface area contributed by atoms with Gasteiger partial charge in [0.1, 0.15) is 5.75 Å². The van der Waals surface area contributed by atoms with Crippen LogP contribution in [0, 0.1) is 0 Å². The van der Waals surface area contributed by atoms with E-state index in [2.05, 4.69) is 34.2 Å². The van der Waals surface area contributed by atoms with Crippen molar-refractivity contribution in [2.45, 2.75) is 25.8 Å². The molecule has 2 heterocycles. The summed E-state index contributed by atoms with van der Waals surface area (Å²) < 4.78 is 10.9. The summed E-state index contributed by atoms with van der Waals surface area (Å²) in [6.45, 7) is 4.99. The first-order chi connectivity index (χ1) is 15.1. The molecule has 1 aliphatic heterocycles. The highest BCUT2D eigenvalue weighted by atomic mass is 16.5. The topological polar surface area (TPSA) is 71.7 Å². The van der Waals surface area contributed by atoms with Crippen molar-refractivity contribution in [3.63, 3.8) is 0 Å². The van der Waals surface area contributed by atoms with Gasteiger partial charge in [0.2, 0.25) is 17.6 Å². The number of hydrogen-bond acceptors (Lipinski definition) is 6. The Labute approximate surface area is 182 Å². The normalized spacial score (nSPS) is 17.0. The molecule has 1 amide bonds. The molecule has 0 aliphatic carbocycles. The number of hydrogen-bond donors (Lipinski definition) is 0. The van der Waals surface area contributed by atoms with E-state index < -0.39 is 0 Å². The van der Waals surface area contributed by atoms with Gasteiger partial charge in [-0.25, -0.2) is 0 Å². The van der Waals surface area contributed by atoms with E-state index in [1.165, 1.54) is 0 Å². The van der Waals surface area contributed by atoms with Crippen LogP contribution in [-0.2, 0) is 11.2 Å². The fourth-order valence-electron chi connectivity index (χ4n) is 3.88. The van der Waals surface area contributed by atoms with Crippen LogP contribution in [0.4, 0.5) is 0 Å². The molecule has 0 spiro atoms. The standard InChI is InChI=1S/C24H28N4O3/c1-3-30-20-11-9-19(10-12-20)24-25-22(31-26-24)13-14-23(29)28-16-15-27(2)17-21(28)18-7-5-4-6-8-18/h4-12,21H,3,13-17H2,1-2H3/t21-/m0/s1. The average molecular weight is 421 g/mol. The van der Waals surface area contributed by atoms with Gasteiger partial charge in [-0.1, -0.05) is 35.5 Å². The van der Waals surface area contributed by atoms with Crippen molar-refractivity contribution >= 4 is 5.91 Å². The smallest absolute Gasteiger partial charge is 0.227 e. The Morgan fingerprint density at radius 1 is 1.13 bits per heavy atom. The fraction of sp³-hybridized carbons (Fsp3) is 0.375. The van der Waals surface area contributed by atoms with Crippen LogP contribution in [0.1, 0.15) is 30.8 Å². The minimum absolute atomic E-state index is 0.0644. The third-order valence-corrected chi connectivity index (χ3v) is 5.53. The largest absolute Gasteiger partial charge is 0.494 e. The Balaban J connectivity index is 1.39. The molecule has 1 aliphatic rings. The average Bonchev–Trinajstić information content (AvgIpc) is 3.28. The van der Waals surface area contributed by atoms with Gasteiger partial charge in [-0.2, -0.15) is 4.98 Å². The molecule has 1 fully saturated rings. The van der Waals surface area contributed by atoms with Gasteiger partial charge in [0.15, 0.2) is 0 Å². The van der Waals surface area contributed by atoms with Gasteiger partial charge in [0, 0.05) is 38.0 Å². The Morgan fingerprint density at radius 3 is 2.65 bits per heavy atom. The lowest BCUT2D eigenvalue weighted by molar-refractivity contribution is -0.136. The van der Waals surface area contributed by atoms with Gasteiger partial charge in [0.25, 0.3) is 0 Å². The Hall–Kier alpha value is -3.19. The van der Waals surface area contributed by atoms with Crippen molar-refractivity contribution in [3.8, 4) is 17.1 Å². The number of carbonyl (C=O) groups excluding carboxylic acids is 1. The summed E-state index contributed by atoms with van der Waals surface area (Å²) in [5.41, 5.74) is 2.02. The maximum atomic E-state index is 13.0. The zero-order chi connectivity index (χ0) is 21.6. The van der Waals surface area contributed by atoms with Crippen LogP contribution >= 0.6 is 0 Å². The first-order valence-corrected chi connectivity index (χ1v) is 10.7. The van der Waals surface area contributed by atoms with E-state index in [1.807, 2.05) is 54.3 Å². The Kier molecular flexibility index (Phi) is 6.62. The first kappa shape index (κ1) is 21.1. The summed E-state index contributed by atoms with van der Waals surface area (Å²) in [5, 5.41) is 4.07. The molecule has 4 rings (SSSR count). The highest BCUT2D eigenvalue weighted by Gasteiger charge is 2.30. The summed E-state index contributed by atoms with van der Waals surface area (Å²) in [6.07, 6.45) is 0.772. The maximum Gasteiger partial charge on any atom is 0.227 e. The second-order valence-corrected chi connectivity index (χ2v) is 7.74. The van der Waals surface area contributed by atoms with Gasteiger partial charge in [-0.3, -0.25) is 4.79 Å². The lowest BCUT2D eigenvalue weighted by atomic mass is 10.0. The molecule has 0 radical (unpaired) electrons. The number of carbonyl (C=O) groups is 1. The molecular weight excluding hydrogens is 392 g/mol. The second kappa shape index (κ2) is 9.75. The van der Waals surface area contributed by atoms with Gasteiger partial charge in [0.05, 0.1) is 12.6 Å². The minimum Gasteiger partial charge on any atom is -0.494 e. The molecule has 1 atom stereocenters. The van der Waals surface area contributed by atoms with E-state index in [0.717, 1.165) is 36.5 Å². The van der Waals surface area contributed by atoms with Gasteiger partial charge >= 0.3 is 0 Å². The number of piperazine rings is 1. The second-order valence-electron chi connectivity index (χ2n) is 7.74. The summed E-state index contributed by atoms with van der Waals surface area (Å²) in [5.74, 6) is 1.92. The Bertz CT molecular complexity index is 988. The molecule has 1 saturated heterocycles. The van der Waals surface area contributed by atoms with Crippen molar-refractivity contribution in [1.82, 2.24) is 19.9 Å². The lowest BCUT2D eigenvalue weighted by Crippen LogP contribution is -2.49. The summed E-state index contributed by atoms with van der Waals surface area (Å²) in [7, 11) is 2.10. The van der Waals surface area contributed by atoms with Crippen LogP contribution in [0.5, 0.6) is 5.75 Å². The Morgan fingerprint density at radius 2 is 1.90 bits per heavy atom. The van der Waals surface area contributed by atoms with E-state index in [0.29, 0.717) is 31.2 Å². The predicted molar refractivity (Wildman–Crippen MR) is 118 cm³/mol. The summed E-state index contributed by atoms with van der Waals surface area (Å²) in [4.78, 5) is 21.8. The molecule has 0 unspecified atom stereocenters. The van der Waals surface area contributed by atoms with Crippen LogP contribution in [0.15, 0.2) is 59.1 Å². The highest BCUT2D eigenvalue weighted by molar-refractivity contribution is 5.77. The number of benzene rings is 2. The lowest BCUT2D eigenvalue weighted by Gasteiger charge is -2.40. The van der Waals surface area contributed by atoms with E-state index in [1.54, 1.807) is 0 Å². The molecule has 1 aromatic heterocycles. The van der Waals surface area contributed by atoms with Crippen molar-refractivity contribution in [3.05, 3.63) is 66.1 Å². The van der Waals surface area contributed by atoms with E-state index in [4.69, 9.17) is 9.26 Å². The number of rotatable bonds is 7. The predicted octanol–water partition coefficient (Wildman–Crippen LogP) is 3.58. The van der Waals surface area contributed by atoms with Crippen LogP contribution in [-0.4, -0.2) is 59.1 Å². The van der Waals surface area contributed by atoms with E-state index >= 15 is 0 Å². The third kappa shape index (κ3) is 5.11. The molecule has 3 aromatic rings. The zero-order valence-electron chi connectivity index (χ0n) is 18.0. The fourth-order valence-corrected chi connectivity index (χ4v) is 3.88. The van der Waals surface area contributed by atoms with Crippen LogP contribution in [0.25, 0.3) is 11.4 Å². The van der Waals surface area contributed by atoms with Gasteiger partial charge in [-0.15, -0.1) is 0 Å². The van der Waals surface area contributed by atoms with Crippen molar-refractivity contribution < 1.29 is 14.1 Å². The third-order valence-electron chi connectivity index (χ3n) is 5.53. The zero-order valence-corrected chi connectivity index (χ0v) is 18.0. The molecule has 7 heteroatoms. The van der Waals surface area contributed by atoms with Gasteiger partial charge in [-0.05, 0) is 43.8 Å². The number of nitrogens with zero attached hydrogens (tertiary/aromatic N) is 4. The van der Waals surface area contributed by atoms with Crippen LogP contribution in [0.2, 0.25) is 0 Å². The number of aryl methyl sites for hydroxylation is 1.